The molecular formula is C22H35IN4O4. The van der Waals surface area contributed by atoms with Gasteiger partial charge in [-0.15, -0.1) is 24.0 Å². The van der Waals surface area contributed by atoms with E-state index in [0.29, 0.717) is 26.4 Å². The molecule has 2 aliphatic rings. The Morgan fingerprint density at radius 3 is 2.90 bits per heavy atom. The van der Waals surface area contributed by atoms with Crippen LogP contribution >= 0.6 is 24.0 Å². The molecule has 1 aromatic rings. The van der Waals surface area contributed by atoms with Crippen molar-refractivity contribution < 1.29 is 19.0 Å². The topological polar surface area (TPSA) is 93.2 Å². The Bertz CT molecular complexity index is 692. The van der Waals surface area contributed by atoms with Crippen LogP contribution in [0.2, 0.25) is 0 Å². The number of hydrogen-bond donors (Lipinski definition) is 3. The first-order chi connectivity index (χ1) is 14.7. The zero-order valence-corrected chi connectivity index (χ0v) is 20.6. The zero-order chi connectivity index (χ0) is 21.0. The summed E-state index contributed by atoms with van der Waals surface area (Å²) in [5.74, 6) is 0.699. The van der Waals surface area contributed by atoms with Crippen molar-refractivity contribution in [3.63, 3.8) is 0 Å². The smallest absolute Gasteiger partial charge is 0.253 e. The zero-order valence-electron chi connectivity index (χ0n) is 18.2. The first-order valence-corrected chi connectivity index (χ1v) is 11.0. The van der Waals surface area contributed by atoms with Crippen molar-refractivity contribution in [2.24, 2.45) is 4.99 Å². The van der Waals surface area contributed by atoms with Gasteiger partial charge in [0.15, 0.2) is 5.96 Å². The molecule has 9 heteroatoms. The maximum absolute atomic E-state index is 12.2. The average molecular weight is 546 g/mol. The molecule has 0 saturated carbocycles. The van der Waals surface area contributed by atoms with E-state index in [-0.39, 0.29) is 42.1 Å². The minimum absolute atomic E-state index is 0. The third-order valence-corrected chi connectivity index (χ3v) is 5.04. The third kappa shape index (κ3) is 9.30. The second-order valence-corrected chi connectivity index (χ2v) is 7.52. The number of ether oxygens (including phenoxy) is 3. The van der Waals surface area contributed by atoms with Crippen molar-refractivity contribution in [2.75, 3.05) is 44.8 Å². The molecular weight excluding hydrogens is 511 g/mol. The lowest BCUT2D eigenvalue weighted by Crippen LogP contribution is -2.38. The summed E-state index contributed by atoms with van der Waals surface area (Å²) in [6, 6.07) is 7.78. The molecule has 0 aromatic heterocycles. The molecule has 0 spiro atoms. The van der Waals surface area contributed by atoms with E-state index < -0.39 is 0 Å². The van der Waals surface area contributed by atoms with Gasteiger partial charge in [0, 0.05) is 38.6 Å². The highest BCUT2D eigenvalue weighted by atomic mass is 127. The Labute approximate surface area is 201 Å². The number of nitrogens with zero attached hydrogens (tertiary/aromatic N) is 1. The number of amides is 1. The van der Waals surface area contributed by atoms with Crippen molar-refractivity contribution in [1.29, 1.82) is 0 Å². The van der Waals surface area contributed by atoms with Crippen LogP contribution in [0.1, 0.15) is 38.2 Å². The van der Waals surface area contributed by atoms with Gasteiger partial charge in [0.2, 0.25) is 0 Å². The Kier molecular flexibility index (Phi) is 12.2. The minimum atomic E-state index is -0.332. The lowest BCUT2D eigenvalue weighted by molar-refractivity contribution is -0.124. The van der Waals surface area contributed by atoms with Crippen LogP contribution in [0.4, 0.5) is 5.69 Å². The average Bonchev–Trinajstić information content (AvgIpc) is 3.46. The maximum Gasteiger partial charge on any atom is 0.253 e. The van der Waals surface area contributed by atoms with E-state index in [9.17, 15) is 4.79 Å². The fraction of sp³-hybridized carbons (Fsp3) is 0.636. The van der Waals surface area contributed by atoms with Gasteiger partial charge >= 0.3 is 0 Å². The van der Waals surface area contributed by atoms with Crippen LogP contribution in [0.15, 0.2) is 29.3 Å². The van der Waals surface area contributed by atoms with Gasteiger partial charge in [0.05, 0.1) is 19.3 Å². The van der Waals surface area contributed by atoms with Crippen molar-refractivity contribution in [1.82, 2.24) is 10.6 Å². The quantitative estimate of drug-likeness (QED) is 0.181. The molecule has 2 atom stereocenters. The number of carbonyl (C=O) groups excluding carboxylic acids is 1. The number of rotatable bonds is 10. The molecule has 0 radical (unpaired) electrons. The van der Waals surface area contributed by atoms with Crippen molar-refractivity contribution in [2.45, 2.75) is 51.4 Å². The number of benzene rings is 1. The normalized spacial score (nSPS) is 20.9. The van der Waals surface area contributed by atoms with Crippen LogP contribution in [-0.2, 0) is 25.5 Å². The molecule has 2 fully saturated rings. The van der Waals surface area contributed by atoms with Gasteiger partial charge < -0.3 is 30.2 Å². The molecule has 3 N–H and O–H groups in total. The van der Waals surface area contributed by atoms with Gasteiger partial charge in [-0.05, 0) is 50.3 Å². The highest BCUT2D eigenvalue weighted by Crippen LogP contribution is 2.16. The largest absolute Gasteiger partial charge is 0.379 e. The molecule has 0 aliphatic carbocycles. The SMILES string of the molecule is CCNC(=NCc1cccc(NC(=O)C2CCCO2)c1)NCCCOC1CCOC1.I. The number of anilines is 1. The summed E-state index contributed by atoms with van der Waals surface area (Å²) < 4.78 is 16.5. The van der Waals surface area contributed by atoms with E-state index in [1.54, 1.807) is 0 Å². The number of guanidine groups is 1. The summed E-state index contributed by atoms with van der Waals surface area (Å²) in [7, 11) is 0. The van der Waals surface area contributed by atoms with E-state index in [2.05, 4.69) is 20.9 Å². The molecule has 8 nitrogen and oxygen atoms in total. The molecule has 1 amide bonds. The van der Waals surface area contributed by atoms with Crippen LogP contribution in [0.3, 0.4) is 0 Å². The second kappa shape index (κ2) is 14.6. The monoisotopic (exact) mass is 546 g/mol. The third-order valence-electron chi connectivity index (χ3n) is 5.04. The van der Waals surface area contributed by atoms with Crippen LogP contribution in [-0.4, -0.2) is 63.6 Å². The Morgan fingerprint density at radius 1 is 1.26 bits per heavy atom. The number of hydrogen-bond acceptors (Lipinski definition) is 5. The summed E-state index contributed by atoms with van der Waals surface area (Å²) in [6.07, 6.45) is 3.54. The lowest BCUT2D eigenvalue weighted by Gasteiger charge is -2.13. The lowest BCUT2D eigenvalue weighted by atomic mass is 10.2. The van der Waals surface area contributed by atoms with Gasteiger partial charge in [0.1, 0.15) is 6.10 Å². The van der Waals surface area contributed by atoms with Crippen LogP contribution in [0.25, 0.3) is 0 Å². The fourth-order valence-corrected chi connectivity index (χ4v) is 3.44. The number of halogens is 1. The van der Waals surface area contributed by atoms with Crippen molar-refractivity contribution in [3.8, 4) is 0 Å². The fourth-order valence-electron chi connectivity index (χ4n) is 3.44. The highest BCUT2D eigenvalue weighted by Gasteiger charge is 2.23. The van der Waals surface area contributed by atoms with E-state index in [1.165, 1.54) is 0 Å². The van der Waals surface area contributed by atoms with E-state index in [0.717, 1.165) is 62.6 Å². The minimum Gasteiger partial charge on any atom is -0.379 e. The first kappa shape index (κ1) is 25.8. The molecule has 1 aromatic carbocycles. The Morgan fingerprint density at radius 2 is 2.16 bits per heavy atom. The van der Waals surface area contributed by atoms with E-state index in [4.69, 9.17) is 14.2 Å². The summed E-state index contributed by atoms with van der Waals surface area (Å²) in [4.78, 5) is 16.9. The molecule has 3 rings (SSSR count). The Balaban J connectivity index is 0.00000341. The summed E-state index contributed by atoms with van der Waals surface area (Å²) >= 11 is 0. The summed E-state index contributed by atoms with van der Waals surface area (Å²) in [5.41, 5.74) is 1.80. The molecule has 0 bridgehead atoms. The second-order valence-electron chi connectivity index (χ2n) is 7.52. The standard InChI is InChI=1S/C22H34N4O4.HI/c1-2-23-22(24-10-5-12-29-19-9-13-28-16-19)25-15-17-6-3-7-18(14-17)26-21(27)20-8-4-11-30-20;/h3,6-7,14,19-20H,2,4-5,8-13,15-16H2,1H3,(H,26,27)(H2,23,24,25);1H. The number of aliphatic imine (C=N–C) groups is 1. The van der Waals surface area contributed by atoms with Gasteiger partial charge in [-0.2, -0.15) is 0 Å². The van der Waals surface area contributed by atoms with Gasteiger partial charge in [-0.3, -0.25) is 4.79 Å². The molecule has 2 unspecified atom stereocenters. The van der Waals surface area contributed by atoms with Gasteiger partial charge in [0.25, 0.3) is 5.91 Å². The van der Waals surface area contributed by atoms with Gasteiger partial charge in [-0.1, -0.05) is 12.1 Å². The van der Waals surface area contributed by atoms with Crippen LogP contribution < -0.4 is 16.0 Å². The van der Waals surface area contributed by atoms with E-state index >= 15 is 0 Å². The van der Waals surface area contributed by atoms with Crippen molar-refractivity contribution in [3.05, 3.63) is 29.8 Å². The Hall–Kier alpha value is -1.43. The predicted molar refractivity (Wildman–Crippen MR) is 132 cm³/mol. The molecule has 2 aliphatic heterocycles. The number of nitrogens with one attached hydrogen (secondary N) is 3. The van der Waals surface area contributed by atoms with E-state index in [1.807, 2.05) is 31.2 Å². The first-order valence-electron chi connectivity index (χ1n) is 11.0. The summed E-state index contributed by atoms with van der Waals surface area (Å²) in [5, 5.41) is 9.54. The van der Waals surface area contributed by atoms with Crippen LogP contribution in [0.5, 0.6) is 0 Å². The molecule has 31 heavy (non-hydrogen) atoms. The number of carbonyl (C=O) groups is 1. The molecule has 2 heterocycles. The summed E-state index contributed by atoms with van der Waals surface area (Å²) in [6.45, 7) is 7.04. The predicted octanol–water partition coefficient (Wildman–Crippen LogP) is 2.67. The van der Waals surface area contributed by atoms with Crippen LogP contribution in [0, 0.1) is 0 Å². The van der Waals surface area contributed by atoms with Crippen molar-refractivity contribution >= 4 is 41.5 Å². The van der Waals surface area contributed by atoms with Gasteiger partial charge in [-0.25, -0.2) is 4.99 Å². The molecule has 2 saturated heterocycles. The highest BCUT2D eigenvalue weighted by molar-refractivity contribution is 14.0. The molecule has 174 valence electrons. The maximum atomic E-state index is 12.2.